The van der Waals surface area contributed by atoms with E-state index in [0.717, 1.165) is 0 Å². The first kappa shape index (κ1) is 21.0. The highest BCUT2D eigenvalue weighted by Crippen LogP contribution is 2.56. The zero-order valence-corrected chi connectivity index (χ0v) is 15.4. The number of carbonyl (C=O) groups is 3. The molecule has 0 bridgehead atoms. The molecule has 0 radical (unpaired) electrons. The highest BCUT2D eigenvalue weighted by atomic mass is 32.7. The summed E-state index contributed by atoms with van der Waals surface area (Å²) in [5.74, 6) is -2.39. The zero-order chi connectivity index (χ0) is 19.0. The molecule has 25 heavy (non-hydrogen) atoms. The molecule has 5 N–H and O–H groups in total. The van der Waals surface area contributed by atoms with Crippen molar-refractivity contribution in [2.24, 2.45) is 5.73 Å². The van der Waals surface area contributed by atoms with E-state index in [9.17, 15) is 18.9 Å². The van der Waals surface area contributed by atoms with Crippen molar-refractivity contribution in [3.05, 3.63) is 30.3 Å². The summed E-state index contributed by atoms with van der Waals surface area (Å²) < 4.78 is 18.4. The molecule has 0 aliphatic heterocycles. The molecule has 3 unspecified atom stereocenters. The number of hydrogen-bond acceptors (Lipinski definition) is 6. The minimum absolute atomic E-state index is 0.154. The monoisotopic (exact) mass is 389 g/mol. The Labute approximate surface area is 148 Å². The first-order chi connectivity index (χ1) is 11.6. The van der Waals surface area contributed by atoms with E-state index in [0.29, 0.717) is 11.4 Å². The van der Waals surface area contributed by atoms with Crippen LogP contribution in [0.5, 0.6) is 5.75 Å². The lowest BCUT2D eigenvalue weighted by atomic mass is 10.3. The van der Waals surface area contributed by atoms with Gasteiger partial charge in [-0.1, -0.05) is 18.2 Å². The molecule has 1 rings (SSSR count). The summed E-state index contributed by atoms with van der Waals surface area (Å²) in [5, 5.41) is 13.8. The number of nitrogens with one attached hydrogen (secondary N) is 2. The lowest BCUT2D eigenvalue weighted by Gasteiger charge is -2.23. The normalized spacial score (nSPS) is 15.4. The van der Waals surface area contributed by atoms with Crippen LogP contribution in [0, 0.1) is 0 Å². The number of benzene rings is 1. The summed E-state index contributed by atoms with van der Waals surface area (Å²) in [6.07, 6.45) is 0. The van der Waals surface area contributed by atoms with Gasteiger partial charge in [0, 0.05) is 12.7 Å². The van der Waals surface area contributed by atoms with Crippen molar-refractivity contribution in [2.75, 3.05) is 5.75 Å². The van der Waals surface area contributed by atoms with Gasteiger partial charge < -0.3 is 20.7 Å². The first-order valence-electron chi connectivity index (χ1n) is 7.19. The third-order valence-corrected chi connectivity index (χ3v) is 6.81. The quantitative estimate of drug-likeness (QED) is 0.433. The molecule has 9 nitrogen and oxygen atoms in total. The number of hydrogen-bond donors (Lipinski definition) is 4. The fourth-order valence-corrected chi connectivity index (χ4v) is 5.52. The van der Waals surface area contributed by atoms with Crippen molar-refractivity contribution in [2.45, 2.75) is 25.9 Å². The summed E-state index contributed by atoms with van der Waals surface area (Å²) in [5.41, 5.74) is 5.20. The van der Waals surface area contributed by atoms with Crippen molar-refractivity contribution in [1.82, 2.24) is 10.4 Å². The molecule has 3 atom stereocenters. The first-order valence-corrected chi connectivity index (χ1v) is 10.4. The molecule has 0 heterocycles. The van der Waals surface area contributed by atoms with E-state index >= 15 is 0 Å². The fourth-order valence-electron chi connectivity index (χ4n) is 1.62. The molecule has 0 aliphatic carbocycles. The minimum atomic E-state index is -3.76. The number of aliphatic carboxylic acids is 1. The van der Waals surface area contributed by atoms with Crippen molar-refractivity contribution in [3.63, 3.8) is 0 Å². The van der Waals surface area contributed by atoms with Crippen LogP contribution in [-0.4, -0.2) is 40.7 Å². The third kappa shape index (κ3) is 7.59. The van der Waals surface area contributed by atoms with Crippen LogP contribution in [0.2, 0.25) is 0 Å². The van der Waals surface area contributed by atoms with Crippen LogP contribution in [0.15, 0.2) is 30.3 Å². The zero-order valence-electron chi connectivity index (χ0n) is 13.7. The van der Waals surface area contributed by atoms with Crippen molar-refractivity contribution >= 4 is 35.9 Å². The van der Waals surface area contributed by atoms with Crippen LogP contribution >= 0.6 is 18.1 Å². The smallest absolute Gasteiger partial charge is 0.375 e. The maximum Gasteiger partial charge on any atom is 0.375 e. The largest absolute Gasteiger partial charge is 0.480 e. The molecule has 11 heteroatoms. The Morgan fingerprint density at radius 3 is 2.40 bits per heavy atom. The second-order valence-electron chi connectivity index (χ2n) is 5.04. The van der Waals surface area contributed by atoms with Crippen LogP contribution in [0.1, 0.15) is 13.8 Å². The van der Waals surface area contributed by atoms with Crippen LogP contribution < -0.4 is 20.7 Å². The molecule has 0 spiro atoms. The summed E-state index contributed by atoms with van der Waals surface area (Å²) in [4.78, 5) is 33.6. The van der Waals surface area contributed by atoms with E-state index in [4.69, 9.17) is 15.4 Å². The van der Waals surface area contributed by atoms with Gasteiger partial charge in [0.15, 0.2) is 0 Å². The fraction of sp³-hybridized carbons (Fsp3) is 0.357. The molecule has 0 saturated heterocycles. The summed E-state index contributed by atoms with van der Waals surface area (Å²) in [7, 11) is 0. The molecular weight excluding hydrogens is 369 g/mol. The average molecular weight is 389 g/mol. The van der Waals surface area contributed by atoms with Crippen LogP contribution in [0.25, 0.3) is 0 Å². The molecular formula is C14H20N3O6PS. The molecule has 2 amide bonds. The number of amides is 2. The lowest BCUT2D eigenvalue weighted by Crippen LogP contribution is -2.45. The maximum absolute atomic E-state index is 13.0. The van der Waals surface area contributed by atoms with E-state index in [1.807, 2.05) is 0 Å². The predicted octanol–water partition coefficient (Wildman–Crippen LogP) is 0.959. The summed E-state index contributed by atoms with van der Waals surface area (Å²) in [6, 6.07) is 5.94. The molecule has 0 aliphatic rings. The Morgan fingerprint density at radius 1 is 1.32 bits per heavy atom. The predicted molar refractivity (Wildman–Crippen MR) is 94.2 cm³/mol. The van der Waals surface area contributed by atoms with Gasteiger partial charge in [0.2, 0.25) is 11.8 Å². The molecule has 0 fully saturated rings. The van der Waals surface area contributed by atoms with Gasteiger partial charge >= 0.3 is 12.7 Å². The van der Waals surface area contributed by atoms with Gasteiger partial charge in [0.05, 0.1) is 0 Å². The van der Waals surface area contributed by atoms with Gasteiger partial charge in [-0.15, -0.1) is 0 Å². The Bertz CT molecular complexity index is 672. The molecule has 138 valence electrons. The number of carboxylic acids is 1. The molecule has 0 aromatic heterocycles. The Kier molecular flexibility index (Phi) is 7.95. The lowest BCUT2D eigenvalue weighted by molar-refractivity contribution is -0.138. The Hall–Kier alpha value is -2.03. The van der Waals surface area contributed by atoms with Crippen molar-refractivity contribution < 1.29 is 28.6 Å². The van der Waals surface area contributed by atoms with Gasteiger partial charge in [-0.25, -0.2) is 9.65 Å². The Morgan fingerprint density at radius 2 is 1.92 bits per heavy atom. The van der Waals surface area contributed by atoms with Crippen LogP contribution in [0.3, 0.4) is 0 Å². The number of carboxylic acid groups (broad SMARTS) is 1. The standard InChI is InChI=1S/C14H20N3O6PS/c1-9(14(20)21)17-24(22,23-11-6-4-3-5-7-11)25-8-12(13(15)19)16-10(2)18/h3-7,9,12H,8H2,1-2H3,(H2,15,19)(H,16,18)(H,17,22)(H,20,21). The van der Waals surface area contributed by atoms with E-state index < -0.39 is 36.6 Å². The van der Waals surface area contributed by atoms with Crippen molar-refractivity contribution in [3.8, 4) is 5.75 Å². The van der Waals surface area contributed by atoms with E-state index in [2.05, 4.69) is 10.4 Å². The van der Waals surface area contributed by atoms with E-state index in [1.165, 1.54) is 13.8 Å². The highest BCUT2D eigenvalue weighted by molar-refractivity contribution is 8.56. The molecule has 1 aromatic rings. The SMILES string of the molecule is CC(=O)NC(CSP(=O)(NC(C)C(=O)O)Oc1ccccc1)C(N)=O. The number of nitrogens with two attached hydrogens (primary N) is 1. The number of rotatable bonds is 10. The van der Waals surface area contributed by atoms with Gasteiger partial charge in [-0.2, -0.15) is 0 Å². The summed E-state index contributed by atoms with van der Waals surface area (Å²) >= 11 is 0.686. The molecule has 0 saturated carbocycles. The Balaban J connectivity index is 2.93. The van der Waals surface area contributed by atoms with Gasteiger partial charge in [0.1, 0.15) is 17.8 Å². The second-order valence-corrected chi connectivity index (χ2v) is 9.29. The number of primary amides is 1. The average Bonchev–Trinajstić information content (AvgIpc) is 2.51. The maximum atomic E-state index is 13.0. The van der Waals surface area contributed by atoms with E-state index in [-0.39, 0.29) is 11.5 Å². The summed E-state index contributed by atoms with van der Waals surface area (Å²) in [6.45, 7) is -1.24. The van der Waals surface area contributed by atoms with Crippen LogP contribution in [-0.2, 0) is 18.9 Å². The molecule has 1 aromatic carbocycles. The van der Waals surface area contributed by atoms with Crippen molar-refractivity contribution in [1.29, 1.82) is 0 Å². The van der Waals surface area contributed by atoms with Gasteiger partial charge in [-0.05, 0) is 30.4 Å². The topological polar surface area (TPSA) is 148 Å². The van der Waals surface area contributed by atoms with Gasteiger partial charge in [-0.3, -0.25) is 14.4 Å². The van der Waals surface area contributed by atoms with Crippen LogP contribution in [0.4, 0.5) is 0 Å². The van der Waals surface area contributed by atoms with E-state index in [1.54, 1.807) is 30.3 Å². The van der Waals surface area contributed by atoms with Gasteiger partial charge in [0.25, 0.3) is 0 Å². The number of carbonyl (C=O) groups excluding carboxylic acids is 2. The third-order valence-electron chi connectivity index (χ3n) is 2.82. The number of para-hydroxylation sites is 1. The minimum Gasteiger partial charge on any atom is -0.480 e. The second kappa shape index (κ2) is 9.45. The highest BCUT2D eigenvalue weighted by Gasteiger charge is 2.32.